The Bertz CT molecular complexity index is 573. The van der Waals surface area contributed by atoms with Gasteiger partial charge in [-0.1, -0.05) is 12.1 Å². The molecule has 112 valence electrons. The number of rotatable bonds is 4. The number of hydrogen-bond donors (Lipinski definition) is 1. The van der Waals surface area contributed by atoms with Crippen LogP contribution in [-0.2, 0) is 9.59 Å². The van der Waals surface area contributed by atoms with E-state index in [1.807, 2.05) is 24.3 Å². The van der Waals surface area contributed by atoms with E-state index < -0.39 is 11.9 Å². The van der Waals surface area contributed by atoms with Gasteiger partial charge in [0.1, 0.15) is 6.61 Å². The van der Waals surface area contributed by atoms with Crippen LogP contribution >= 0.6 is 0 Å². The first-order chi connectivity index (χ1) is 10.1. The van der Waals surface area contributed by atoms with Crippen molar-refractivity contribution < 1.29 is 24.2 Å². The van der Waals surface area contributed by atoms with Gasteiger partial charge in [-0.2, -0.15) is 0 Å². The van der Waals surface area contributed by atoms with Crippen molar-refractivity contribution in [1.29, 1.82) is 0 Å². The van der Waals surface area contributed by atoms with Crippen LogP contribution in [0, 0.1) is 11.8 Å². The molecule has 3 atom stereocenters. The van der Waals surface area contributed by atoms with E-state index in [-0.39, 0.29) is 17.9 Å². The second kappa shape index (κ2) is 5.27. The Hall–Kier alpha value is -2.24. The van der Waals surface area contributed by atoms with E-state index in [9.17, 15) is 9.59 Å². The average Bonchev–Trinajstić information content (AvgIpc) is 3.27. The highest BCUT2D eigenvalue weighted by Gasteiger charge is 2.49. The summed E-state index contributed by atoms with van der Waals surface area (Å²) < 4.78 is 11.4. The van der Waals surface area contributed by atoms with Gasteiger partial charge in [0.05, 0.1) is 18.4 Å². The van der Waals surface area contributed by atoms with Gasteiger partial charge in [-0.25, -0.2) is 0 Å². The van der Waals surface area contributed by atoms with Gasteiger partial charge in [-0.15, -0.1) is 0 Å². The number of fused-ring (bicyclic) bond motifs is 1. The van der Waals surface area contributed by atoms with E-state index in [0.717, 1.165) is 0 Å². The van der Waals surface area contributed by atoms with Crippen molar-refractivity contribution in [3.63, 3.8) is 0 Å². The number of benzene rings is 1. The molecule has 1 N–H and O–H groups in total. The maximum atomic E-state index is 12.1. The molecule has 0 spiro atoms. The van der Waals surface area contributed by atoms with E-state index in [4.69, 9.17) is 14.6 Å². The number of likely N-dealkylation sites (N-methyl/N-ethyl adjacent to an activating group) is 1. The van der Waals surface area contributed by atoms with Gasteiger partial charge in [0.15, 0.2) is 17.6 Å². The average molecular weight is 291 g/mol. The molecule has 21 heavy (non-hydrogen) atoms. The van der Waals surface area contributed by atoms with E-state index in [1.165, 1.54) is 4.90 Å². The fourth-order valence-corrected chi connectivity index (χ4v) is 2.57. The summed E-state index contributed by atoms with van der Waals surface area (Å²) >= 11 is 0. The Labute approximate surface area is 122 Å². The number of aliphatic carboxylic acids is 1. The van der Waals surface area contributed by atoms with Crippen molar-refractivity contribution in [3.8, 4) is 11.5 Å². The van der Waals surface area contributed by atoms with Gasteiger partial charge < -0.3 is 19.5 Å². The van der Waals surface area contributed by atoms with Crippen LogP contribution in [-0.4, -0.2) is 48.2 Å². The van der Waals surface area contributed by atoms with Crippen LogP contribution in [0.4, 0.5) is 0 Å². The van der Waals surface area contributed by atoms with E-state index >= 15 is 0 Å². The predicted octanol–water partition coefficient (Wildman–Crippen LogP) is 1.01. The quantitative estimate of drug-likeness (QED) is 0.896. The molecule has 6 nitrogen and oxygen atoms in total. The number of carboxylic acid groups (broad SMARTS) is 1. The summed E-state index contributed by atoms with van der Waals surface area (Å²) in [7, 11) is 1.67. The molecule has 1 aromatic rings. The van der Waals surface area contributed by atoms with Crippen LogP contribution in [0.25, 0.3) is 0 Å². The van der Waals surface area contributed by atoms with Crippen LogP contribution < -0.4 is 9.47 Å². The summed E-state index contributed by atoms with van der Waals surface area (Å²) in [5, 5.41) is 8.87. The topological polar surface area (TPSA) is 76.1 Å². The number of nitrogens with zero attached hydrogens (tertiary/aromatic N) is 1. The molecule has 0 bridgehead atoms. The van der Waals surface area contributed by atoms with Crippen LogP contribution in [0.3, 0.4) is 0 Å². The van der Waals surface area contributed by atoms with Crippen LogP contribution in [0.5, 0.6) is 11.5 Å². The van der Waals surface area contributed by atoms with Crippen molar-refractivity contribution in [2.24, 2.45) is 11.8 Å². The summed E-state index contributed by atoms with van der Waals surface area (Å²) in [5.41, 5.74) is 0. The Kier molecular flexibility index (Phi) is 3.45. The van der Waals surface area contributed by atoms with E-state index in [1.54, 1.807) is 7.05 Å². The molecule has 0 unspecified atom stereocenters. The lowest BCUT2D eigenvalue weighted by Gasteiger charge is -2.29. The third kappa shape index (κ3) is 2.79. The van der Waals surface area contributed by atoms with Crippen LogP contribution in [0.15, 0.2) is 24.3 Å². The summed E-state index contributed by atoms with van der Waals surface area (Å²) in [6, 6.07) is 7.39. The smallest absolute Gasteiger partial charge is 0.307 e. The largest absolute Gasteiger partial charge is 0.486 e. The van der Waals surface area contributed by atoms with Crippen LogP contribution in [0.1, 0.15) is 6.42 Å². The lowest BCUT2D eigenvalue weighted by Crippen LogP contribution is -2.42. The summed E-state index contributed by atoms with van der Waals surface area (Å²) in [4.78, 5) is 24.5. The van der Waals surface area contributed by atoms with Crippen molar-refractivity contribution >= 4 is 11.9 Å². The minimum atomic E-state index is -0.895. The van der Waals surface area contributed by atoms with Gasteiger partial charge in [-0.05, 0) is 18.6 Å². The zero-order valence-corrected chi connectivity index (χ0v) is 11.7. The van der Waals surface area contributed by atoms with Gasteiger partial charge in [0.25, 0.3) is 0 Å². The number of carbonyl (C=O) groups is 2. The van der Waals surface area contributed by atoms with E-state index in [2.05, 4.69) is 0 Å². The van der Waals surface area contributed by atoms with Gasteiger partial charge in [0, 0.05) is 7.05 Å². The summed E-state index contributed by atoms with van der Waals surface area (Å²) in [6.07, 6.45) is 0.194. The Morgan fingerprint density at radius 2 is 2.00 bits per heavy atom. The number of carboxylic acids is 1. The molecular weight excluding hydrogens is 274 g/mol. The Balaban J connectivity index is 1.56. The zero-order valence-electron chi connectivity index (χ0n) is 11.7. The fourth-order valence-electron chi connectivity index (χ4n) is 2.57. The second-order valence-electron chi connectivity index (χ2n) is 5.50. The fraction of sp³-hybridized carbons (Fsp3) is 0.467. The molecule has 1 heterocycles. The highest BCUT2D eigenvalue weighted by atomic mass is 16.6. The molecule has 2 aliphatic rings. The SMILES string of the molecule is CN(C[C@@H]1COc2ccccc2O1)C(=O)[C@H]1C[C@@H]1C(=O)O. The molecule has 0 radical (unpaired) electrons. The standard InChI is InChI=1S/C15H17NO5/c1-16(14(17)10-6-11(10)15(18)19)7-9-8-20-12-4-2-3-5-13(12)21-9/h2-5,9-11H,6-8H2,1H3,(H,18,19)/t9-,10+,11+/m1/s1. The van der Waals surface area contributed by atoms with Crippen molar-refractivity contribution in [3.05, 3.63) is 24.3 Å². The molecule has 1 amide bonds. The lowest BCUT2D eigenvalue weighted by atomic mass is 10.2. The highest BCUT2D eigenvalue weighted by Crippen LogP contribution is 2.40. The number of para-hydroxylation sites is 2. The predicted molar refractivity (Wildman–Crippen MR) is 73.2 cm³/mol. The molecule has 0 saturated heterocycles. The van der Waals surface area contributed by atoms with Gasteiger partial charge in [-0.3, -0.25) is 9.59 Å². The second-order valence-corrected chi connectivity index (χ2v) is 5.50. The number of hydrogen-bond acceptors (Lipinski definition) is 4. The number of ether oxygens (including phenoxy) is 2. The number of amides is 1. The molecule has 1 fully saturated rings. The lowest BCUT2D eigenvalue weighted by molar-refractivity contribution is -0.142. The van der Waals surface area contributed by atoms with E-state index in [0.29, 0.717) is 31.1 Å². The minimum Gasteiger partial charge on any atom is -0.486 e. The third-order valence-corrected chi connectivity index (χ3v) is 3.85. The van der Waals surface area contributed by atoms with Crippen molar-refractivity contribution in [1.82, 2.24) is 4.90 Å². The molecule has 1 aliphatic heterocycles. The highest BCUT2D eigenvalue weighted by molar-refractivity contribution is 5.89. The molecule has 1 aliphatic carbocycles. The van der Waals surface area contributed by atoms with Crippen LogP contribution in [0.2, 0.25) is 0 Å². The molecule has 6 heteroatoms. The Morgan fingerprint density at radius 3 is 2.67 bits per heavy atom. The minimum absolute atomic E-state index is 0.134. The Morgan fingerprint density at radius 1 is 1.29 bits per heavy atom. The summed E-state index contributed by atoms with van der Waals surface area (Å²) in [5.74, 6) is -0.563. The van der Waals surface area contributed by atoms with Crippen molar-refractivity contribution in [2.45, 2.75) is 12.5 Å². The third-order valence-electron chi connectivity index (χ3n) is 3.85. The summed E-state index contributed by atoms with van der Waals surface area (Å²) in [6.45, 7) is 0.762. The first-order valence-electron chi connectivity index (χ1n) is 6.92. The molecule has 3 rings (SSSR count). The zero-order chi connectivity index (χ0) is 15.0. The maximum Gasteiger partial charge on any atom is 0.307 e. The maximum absolute atomic E-state index is 12.1. The molecule has 0 aromatic heterocycles. The monoisotopic (exact) mass is 291 g/mol. The molecular formula is C15H17NO5. The normalized spacial score (nSPS) is 26.0. The van der Waals surface area contributed by atoms with Gasteiger partial charge >= 0.3 is 5.97 Å². The number of carbonyl (C=O) groups excluding carboxylic acids is 1. The first-order valence-corrected chi connectivity index (χ1v) is 6.92. The first kappa shape index (κ1) is 13.7. The molecule has 1 aromatic carbocycles. The molecule has 1 saturated carbocycles. The van der Waals surface area contributed by atoms with Crippen molar-refractivity contribution in [2.75, 3.05) is 20.2 Å². The van der Waals surface area contributed by atoms with Gasteiger partial charge in [0.2, 0.25) is 5.91 Å².